The maximum Gasteiger partial charge on any atom is 0.161 e. The van der Waals surface area contributed by atoms with E-state index >= 15 is 0 Å². The Morgan fingerprint density at radius 1 is 0.838 bits per heavy atom. The highest BCUT2D eigenvalue weighted by Gasteiger charge is 2.19. The second kappa shape index (κ2) is 10.1. The molecule has 0 radical (unpaired) electrons. The molecule has 0 unspecified atom stereocenters. The van der Waals surface area contributed by atoms with Gasteiger partial charge in [-0.25, -0.2) is 4.68 Å². The first-order valence-corrected chi connectivity index (χ1v) is 12.3. The number of rotatable bonds is 8. The standard InChI is InChI=1S/C30H32N4O3/c1-19-7-9-22(15-20(19)2)34-30-24-17-23(35-5)10-11-26(24)31-18-25(30)29(32-34)21-8-12-27(28(16-21)36-6)37-14-13-33(3)4/h7-12,15-18H,13-14H2,1-6H3. The lowest BCUT2D eigenvalue weighted by molar-refractivity contribution is 0.251. The molecule has 7 nitrogen and oxygen atoms in total. The summed E-state index contributed by atoms with van der Waals surface area (Å²) >= 11 is 0. The van der Waals surface area contributed by atoms with Gasteiger partial charge in [0.2, 0.25) is 0 Å². The lowest BCUT2D eigenvalue weighted by Crippen LogP contribution is -2.19. The summed E-state index contributed by atoms with van der Waals surface area (Å²) in [7, 11) is 7.38. The van der Waals surface area contributed by atoms with Gasteiger partial charge in [-0.1, -0.05) is 6.07 Å². The Morgan fingerprint density at radius 2 is 1.68 bits per heavy atom. The normalized spacial score (nSPS) is 11.4. The number of ether oxygens (including phenoxy) is 3. The summed E-state index contributed by atoms with van der Waals surface area (Å²) < 4.78 is 19.2. The average molecular weight is 497 g/mol. The molecule has 5 rings (SSSR count). The molecule has 2 aromatic heterocycles. The summed E-state index contributed by atoms with van der Waals surface area (Å²) in [6, 6.07) is 18.3. The lowest BCUT2D eigenvalue weighted by Gasteiger charge is -2.14. The molecular weight excluding hydrogens is 464 g/mol. The van der Waals surface area contributed by atoms with E-state index in [1.807, 2.05) is 61.4 Å². The van der Waals surface area contributed by atoms with Crippen molar-refractivity contribution in [2.45, 2.75) is 13.8 Å². The minimum Gasteiger partial charge on any atom is -0.497 e. The van der Waals surface area contributed by atoms with Gasteiger partial charge in [0.05, 0.1) is 30.9 Å². The van der Waals surface area contributed by atoms with Gasteiger partial charge in [0.15, 0.2) is 11.5 Å². The SMILES string of the molecule is COc1ccc2ncc3c(-c4ccc(OCCN(C)C)c(OC)c4)nn(-c4ccc(C)c(C)c4)c3c2c1. The summed E-state index contributed by atoms with van der Waals surface area (Å²) in [6.45, 7) is 5.63. The van der Waals surface area contributed by atoms with E-state index in [0.29, 0.717) is 18.1 Å². The molecule has 0 bridgehead atoms. The molecule has 37 heavy (non-hydrogen) atoms. The summed E-state index contributed by atoms with van der Waals surface area (Å²) in [5.41, 5.74) is 7.05. The number of nitrogens with zero attached hydrogens (tertiary/aromatic N) is 4. The Bertz CT molecular complexity index is 1590. The largest absolute Gasteiger partial charge is 0.497 e. The number of fused-ring (bicyclic) bond motifs is 3. The molecule has 7 heteroatoms. The van der Waals surface area contributed by atoms with Crippen LogP contribution in [0.2, 0.25) is 0 Å². The smallest absolute Gasteiger partial charge is 0.161 e. The van der Waals surface area contributed by atoms with Crippen molar-refractivity contribution in [2.75, 3.05) is 41.5 Å². The van der Waals surface area contributed by atoms with Crippen LogP contribution in [0.5, 0.6) is 17.2 Å². The highest BCUT2D eigenvalue weighted by molar-refractivity contribution is 6.09. The van der Waals surface area contributed by atoms with Gasteiger partial charge in [0, 0.05) is 29.1 Å². The molecule has 0 aliphatic heterocycles. The van der Waals surface area contributed by atoms with Crippen LogP contribution in [-0.2, 0) is 0 Å². The third-order valence-corrected chi connectivity index (χ3v) is 6.68. The zero-order valence-electron chi connectivity index (χ0n) is 22.2. The molecule has 0 spiro atoms. The van der Waals surface area contributed by atoms with E-state index in [4.69, 9.17) is 24.3 Å². The van der Waals surface area contributed by atoms with Crippen molar-refractivity contribution in [1.82, 2.24) is 19.7 Å². The second-order valence-corrected chi connectivity index (χ2v) is 9.45. The zero-order chi connectivity index (χ0) is 26.1. The molecule has 2 heterocycles. The van der Waals surface area contributed by atoms with E-state index in [-0.39, 0.29) is 0 Å². The van der Waals surface area contributed by atoms with Gasteiger partial charge in [-0.3, -0.25) is 4.98 Å². The van der Waals surface area contributed by atoms with Crippen molar-refractivity contribution in [2.24, 2.45) is 0 Å². The number of hydrogen-bond donors (Lipinski definition) is 0. The molecule has 190 valence electrons. The van der Waals surface area contributed by atoms with Gasteiger partial charge in [-0.2, -0.15) is 5.10 Å². The summed E-state index contributed by atoms with van der Waals surface area (Å²) in [4.78, 5) is 6.84. The molecule has 0 N–H and O–H groups in total. The minimum absolute atomic E-state index is 0.574. The van der Waals surface area contributed by atoms with Crippen molar-refractivity contribution in [3.63, 3.8) is 0 Å². The van der Waals surface area contributed by atoms with Crippen LogP contribution in [0.3, 0.4) is 0 Å². The zero-order valence-corrected chi connectivity index (χ0v) is 22.2. The van der Waals surface area contributed by atoms with Gasteiger partial charge in [0.1, 0.15) is 18.1 Å². The van der Waals surface area contributed by atoms with E-state index in [1.54, 1.807) is 14.2 Å². The number of pyridine rings is 1. The molecule has 0 saturated carbocycles. The quantitative estimate of drug-likeness (QED) is 0.270. The van der Waals surface area contributed by atoms with E-state index in [0.717, 1.165) is 51.0 Å². The number of benzene rings is 3. The van der Waals surface area contributed by atoms with Crippen LogP contribution < -0.4 is 14.2 Å². The fourth-order valence-electron chi connectivity index (χ4n) is 4.42. The van der Waals surface area contributed by atoms with Crippen LogP contribution in [0.15, 0.2) is 60.8 Å². The molecule has 3 aromatic carbocycles. The predicted octanol–water partition coefficient (Wildman–Crippen LogP) is 5.82. The fourth-order valence-corrected chi connectivity index (χ4v) is 4.42. The minimum atomic E-state index is 0.574. The number of aromatic nitrogens is 3. The van der Waals surface area contributed by atoms with Gasteiger partial charge >= 0.3 is 0 Å². The fraction of sp³-hybridized carbons (Fsp3) is 0.267. The van der Waals surface area contributed by atoms with E-state index in [1.165, 1.54) is 11.1 Å². The Balaban J connectivity index is 1.71. The molecule has 5 aromatic rings. The molecule has 0 fully saturated rings. The first-order chi connectivity index (χ1) is 17.9. The topological polar surface area (TPSA) is 61.6 Å². The van der Waals surface area contributed by atoms with E-state index in [9.17, 15) is 0 Å². The third-order valence-electron chi connectivity index (χ3n) is 6.68. The average Bonchev–Trinajstić information content (AvgIpc) is 3.30. The van der Waals surface area contributed by atoms with Crippen molar-refractivity contribution >= 4 is 21.8 Å². The lowest BCUT2D eigenvalue weighted by atomic mass is 10.1. The van der Waals surface area contributed by atoms with E-state index < -0.39 is 0 Å². The summed E-state index contributed by atoms with van der Waals surface area (Å²) in [5, 5.41) is 7.05. The van der Waals surface area contributed by atoms with Gasteiger partial charge < -0.3 is 19.1 Å². The Morgan fingerprint density at radius 3 is 2.41 bits per heavy atom. The van der Waals surface area contributed by atoms with Crippen molar-refractivity contribution in [3.05, 3.63) is 71.9 Å². The van der Waals surface area contributed by atoms with Crippen molar-refractivity contribution < 1.29 is 14.2 Å². The molecule has 0 saturated heterocycles. The number of methoxy groups -OCH3 is 2. The predicted molar refractivity (Wildman–Crippen MR) is 148 cm³/mol. The molecule has 0 aliphatic carbocycles. The highest BCUT2D eigenvalue weighted by Crippen LogP contribution is 2.38. The van der Waals surface area contributed by atoms with Gasteiger partial charge in [-0.05, 0) is 87.6 Å². The maximum absolute atomic E-state index is 5.98. The molecule has 0 amide bonds. The van der Waals surface area contributed by atoms with Crippen LogP contribution in [0.25, 0.3) is 38.8 Å². The second-order valence-electron chi connectivity index (χ2n) is 9.45. The molecule has 0 atom stereocenters. The monoisotopic (exact) mass is 496 g/mol. The summed E-state index contributed by atoms with van der Waals surface area (Å²) in [5.74, 6) is 2.15. The van der Waals surface area contributed by atoms with Crippen molar-refractivity contribution in [3.8, 4) is 34.2 Å². The Hall–Kier alpha value is -4.10. The number of likely N-dealkylation sites (N-methyl/N-ethyl adjacent to an activating group) is 1. The van der Waals surface area contributed by atoms with Crippen LogP contribution in [-0.4, -0.2) is 61.1 Å². The van der Waals surface area contributed by atoms with Crippen LogP contribution in [0.1, 0.15) is 11.1 Å². The Kier molecular flexibility index (Phi) is 6.72. The molecule has 0 aliphatic rings. The van der Waals surface area contributed by atoms with Crippen molar-refractivity contribution in [1.29, 1.82) is 0 Å². The summed E-state index contributed by atoms with van der Waals surface area (Å²) in [6.07, 6.45) is 1.90. The molecular formula is C30H32N4O3. The Labute approximate surface area is 217 Å². The van der Waals surface area contributed by atoms with Gasteiger partial charge in [0.25, 0.3) is 0 Å². The third kappa shape index (κ3) is 4.70. The van der Waals surface area contributed by atoms with Gasteiger partial charge in [-0.15, -0.1) is 0 Å². The first kappa shape index (κ1) is 24.6. The number of aryl methyl sites for hydroxylation is 2. The van der Waals surface area contributed by atoms with Crippen LogP contribution in [0.4, 0.5) is 0 Å². The highest BCUT2D eigenvalue weighted by atomic mass is 16.5. The maximum atomic E-state index is 5.98. The first-order valence-electron chi connectivity index (χ1n) is 12.3. The van der Waals surface area contributed by atoms with Crippen LogP contribution >= 0.6 is 0 Å². The van der Waals surface area contributed by atoms with E-state index in [2.05, 4.69) is 36.9 Å². The van der Waals surface area contributed by atoms with Crippen LogP contribution in [0, 0.1) is 13.8 Å². The number of hydrogen-bond acceptors (Lipinski definition) is 6.